The number of carbonyl (C=O) groups excluding carboxylic acids is 1. The maximum atomic E-state index is 12.0. The van der Waals surface area contributed by atoms with E-state index in [1.807, 2.05) is 12.1 Å². The van der Waals surface area contributed by atoms with Crippen LogP contribution in [-0.4, -0.2) is 43.4 Å². The smallest absolute Gasteiger partial charge is 0.251 e. The van der Waals surface area contributed by atoms with Crippen LogP contribution in [0.3, 0.4) is 0 Å². The van der Waals surface area contributed by atoms with E-state index in [-0.39, 0.29) is 17.9 Å². The van der Waals surface area contributed by atoms with Crippen LogP contribution in [0, 0.1) is 11.8 Å². The lowest BCUT2D eigenvalue weighted by Gasteiger charge is -2.14. The molecule has 5 nitrogen and oxygen atoms in total. The summed E-state index contributed by atoms with van der Waals surface area (Å²) in [5, 5.41) is 15.6. The number of rotatable bonds is 6. The zero-order chi connectivity index (χ0) is 15.2. The molecule has 0 aliphatic carbocycles. The molecule has 1 aliphatic rings. The molecule has 0 radical (unpaired) electrons. The highest BCUT2D eigenvalue weighted by Crippen LogP contribution is 2.13. The molecule has 0 bridgehead atoms. The molecule has 1 heterocycles. The molecule has 116 valence electrons. The average molecular weight is 292 g/mol. The number of aliphatic hydroxyl groups is 1. The number of carbonyl (C=O) groups is 1. The van der Waals surface area contributed by atoms with Crippen molar-refractivity contribution in [2.45, 2.75) is 20.0 Å². The fourth-order valence-electron chi connectivity index (χ4n) is 2.22. The van der Waals surface area contributed by atoms with Crippen molar-refractivity contribution in [3.8, 4) is 5.75 Å². The second kappa shape index (κ2) is 7.43. The van der Waals surface area contributed by atoms with E-state index in [0.29, 0.717) is 31.2 Å². The molecule has 0 spiro atoms. The third kappa shape index (κ3) is 4.72. The highest BCUT2D eigenvalue weighted by Gasteiger charge is 2.25. The molecule has 5 heteroatoms. The summed E-state index contributed by atoms with van der Waals surface area (Å²) in [7, 11) is 0. The molecule has 21 heavy (non-hydrogen) atoms. The molecule has 1 aliphatic heterocycles. The van der Waals surface area contributed by atoms with E-state index < -0.39 is 0 Å². The first kappa shape index (κ1) is 15.8. The summed E-state index contributed by atoms with van der Waals surface area (Å²) in [5.41, 5.74) is 0.604. The fraction of sp³-hybridized carbons (Fsp3) is 0.562. The van der Waals surface area contributed by atoms with Crippen molar-refractivity contribution in [2.75, 3.05) is 26.2 Å². The maximum Gasteiger partial charge on any atom is 0.251 e. The van der Waals surface area contributed by atoms with E-state index in [2.05, 4.69) is 24.5 Å². The first-order chi connectivity index (χ1) is 10.1. The van der Waals surface area contributed by atoms with E-state index in [0.717, 1.165) is 12.3 Å². The highest BCUT2D eigenvalue weighted by molar-refractivity contribution is 5.94. The zero-order valence-electron chi connectivity index (χ0n) is 12.6. The topological polar surface area (TPSA) is 70.6 Å². The quantitative estimate of drug-likeness (QED) is 0.732. The molecular weight excluding hydrogens is 268 g/mol. The number of benzene rings is 1. The van der Waals surface area contributed by atoms with Gasteiger partial charge in [-0.1, -0.05) is 13.8 Å². The molecule has 2 atom stereocenters. The molecule has 1 aromatic rings. The Bertz CT molecular complexity index is 459. The van der Waals surface area contributed by atoms with E-state index in [1.54, 1.807) is 12.1 Å². The number of β-amino-alcohol motifs (C(OH)–C–C–N with tert-alkyl or cyclic N) is 1. The Hall–Kier alpha value is -1.59. The summed E-state index contributed by atoms with van der Waals surface area (Å²) in [6.45, 7) is 6.67. The average Bonchev–Trinajstić information content (AvgIpc) is 2.88. The molecule has 2 unspecified atom stereocenters. The fourth-order valence-corrected chi connectivity index (χ4v) is 2.22. The second-order valence-corrected chi connectivity index (χ2v) is 5.92. The van der Waals surface area contributed by atoms with Gasteiger partial charge in [-0.2, -0.15) is 0 Å². The van der Waals surface area contributed by atoms with Crippen molar-refractivity contribution < 1.29 is 14.6 Å². The van der Waals surface area contributed by atoms with Crippen LogP contribution in [-0.2, 0) is 0 Å². The molecule has 1 amide bonds. The van der Waals surface area contributed by atoms with Crippen molar-refractivity contribution in [1.82, 2.24) is 10.6 Å². The van der Waals surface area contributed by atoms with Crippen LogP contribution in [0.15, 0.2) is 24.3 Å². The summed E-state index contributed by atoms with van der Waals surface area (Å²) in [5.74, 6) is 1.21. The first-order valence-corrected chi connectivity index (χ1v) is 7.46. The zero-order valence-corrected chi connectivity index (χ0v) is 12.6. The van der Waals surface area contributed by atoms with Gasteiger partial charge in [-0.25, -0.2) is 0 Å². The van der Waals surface area contributed by atoms with Gasteiger partial charge in [-0.15, -0.1) is 0 Å². The van der Waals surface area contributed by atoms with Crippen LogP contribution in [0.25, 0.3) is 0 Å². The standard InChI is InChI=1S/C16H24N2O3/c1-11(2)10-21-14-5-3-12(4-6-14)16(20)18-8-13-7-17-9-15(13)19/h3-6,11,13,15,17,19H,7-10H2,1-2H3,(H,18,20). The van der Waals surface area contributed by atoms with Crippen molar-refractivity contribution in [2.24, 2.45) is 11.8 Å². The maximum absolute atomic E-state index is 12.0. The summed E-state index contributed by atoms with van der Waals surface area (Å²) in [4.78, 5) is 12.0. The van der Waals surface area contributed by atoms with Crippen LogP contribution in [0.4, 0.5) is 0 Å². The third-order valence-electron chi connectivity index (χ3n) is 3.53. The Morgan fingerprint density at radius 3 is 2.67 bits per heavy atom. The molecular formula is C16H24N2O3. The van der Waals surface area contributed by atoms with Crippen LogP contribution < -0.4 is 15.4 Å². The Morgan fingerprint density at radius 1 is 1.38 bits per heavy atom. The van der Waals surface area contributed by atoms with Crippen LogP contribution in [0.1, 0.15) is 24.2 Å². The number of amides is 1. The lowest BCUT2D eigenvalue weighted by molar-refractivity contribution is 0.0927. The molecule has 1 fully saturated rings. The van der Waals surface area contributed by atoms with Crippen molar-refractivity contribution in [3.63, 3.8) is 0 Å². The van der Waals surface area contributed by atoms with Gasteiger partial charge in [0.05, 0.1) is 12.7 Å². The highest BCUT2D eigenvalue weighted by atomic mass is 16.5. The minimum Gasteiger partial charge on any atom is -0.493 e. The molecule has 0 aromatic heterocycles. The van der Waals surface area contributed by atoms with Gasteiger partial charge in [0.1, 0.15) is 5.75 Å². The Morgan fingerprint density at radius 2 is 2.10 bits per heavy atom. The van der Waals surface area contributed by atoms with Gasteiger partial charge in [-0.3, -0.25) is 4.79 Å². The summed E-state index contributed by atoms with van der Waals surface area (Å²) in [6.07, 6.45) is -0.378. The Kier molecular flexibility index (Phi) is 5.59. The number of hydrogen-bond donors (Lipinski definition) is 3. The van der Waals surface area contributed by atoms with Crippen molar-refractivity contribution >= 4 is 5.91 Å². The summed E-state index contributed by atoms with van der Waals surface area (Å²) >= 11 is 0. The first-order valence-electron chi connectivity index (χ1n) is 7.46. The van der Waals surface area contributed by atoms with E-state index in [1.165, 1.54) is 0 Å². The lowest BCUT2D eigenvalue weighted by atomic mass is 10.1. The number of nitrogens with one attached hydrogen (secondary N) is 2. The number of hydrogen-bond acceptors (Lipinski definition) is 4. The number of ether oxygens (including phenoxy) is 1. The molecule has 0 saturated carbocycles. The minimum atomic E-state index is -0.378. The monoisotopic (exact) mass is 292 g/mol. The Labute approximate surface area is 125 Å². The molecule has 1 aromatic carbocycles. The SMILES string of the molecule is CC(C)COc1ccc(C(=O)NCC2CNCC2O)cc1. The van der Waals surface area contributed by atoms with Gasteiger partial charge in [0.15, 0.2) is 0 Å². The normalized spacial score (nSPS) is 21.5. The van der Waals surface area contributed by atoms with Gasteiger partial charge in [0.25, 0.3) is 5.91 Å². The van der Waals surface area contributed by atoms with E-state index >= 15 is 0 Å². The largest absolute Gasteiger partial charge is 0.493 e. The predicted molar refractivity (Wildman–Crippen MR) is 81.5 cm³/mol. The van der Waals surface area contributed by atoms with Gasteiger partial charge < -0.3 is 20.5 Å². The van der Waals surface area contributed by atoms with Crippen molar-refractivity contribution in [1.29, 1.82) is 0 Å². The molecule has 1 saturated heterocycles. The summed E-state index contributed by atoms with van der Waals surface area (Å²) < 4.78 is 5.58. The third-order valence-corrected chi connectivity index (χ3v) is 3.53. The summed E-state index contributed by atoms with van der Waals surface area (Å²) in [6, 6.07) is 7.13. The van der Waals surface area contributed by atoms with Crippen molar-refractivity contribution in [3.05, 3.63) is 29.8 Å². The van der Waals surface area contributed by atoms with Gasteiger partial charge in [-0.05, 0) is 30.2 Å². The van der Waals surface area contributed by atoms with Crippen LogP contribution in [0.5, 0.6) is 5.75 Å². The van der Waals surface area contributed by atoms with Crippen LogP contribution in [0.2, 0.25) is 0 Å². The Balaban J connectivity index is 1.82. The molecule has 2 rings (SSSR count). The predicted octanol–water partition coefficient (Wildman–Crippen LogP) is 1.03. The van der Waals surface area contributed by atoms with Gasteiger partial charge >= 0.3 is 0 Å². The minimum absolute atomic E-state index is 0.0857. The molecule has 3 N–H and O–H groups in total. The van der Waals surface area contributed by atoms with Crippen LogP contribution >= 0.6 is 0 Å². The van der Waals surface area contributed by atoms with Gasteiger partial charge in [0.2, 0.25) is 0 Å². The number of aliphatic hydroxyl groups excluding tert-OH is 1. The van der Waals surface area contributed by atoms with E-state index in [9.17, 15) is 9.90 Å². The van der Waals surface area contributed by atoms with Gasteiger partial charge in [0, 0.05) is 31.1 Å². The second-order valence-electron chi connectivity index (χ2n) is 5.92. The lowest BCUT2D eigenvalue weighted by Crippen LogP contribution is -2.34. The van der Waals surface area contributed by atoms with E-state index in [4.69, 9.17) is 4.74 Å².